The molecule has 0 spiro atoms. The molecule has 4 heteroatoms. The molecule has 146 valence electrons. The van der Waals surface area contributed by atoms with Crippen LogP contribution < -0.4 is 0 Å². The molecule has 1 aliphatic rings. The van der Waals surface area contributed by atoms with E-state index in [9.17, 15) is 9.18 Å². The van der Waals surface area contributed by atoms with Gasteiger partial charge in [-0.05, 0) is 80.8 Å². The molecule has 0 radical (unpaired) electrons. The van der Waals surface area contributed by atoms with E-state index in [2.05, 4.69) is 35.6 Å². The maximum Gasteiger partial charge on any atom is 0.254 e. The van der Waals surface area contributed by atoms with Crippen LogP contribution in [0.25, 0.3) is 10.9 Å². The van der Waals surface area contributed by atoms with Crippen LogP contribution in [0.1, 0.15) is 49.0 Å². The molecule has 28 heavy (non-hydrogen) atoms. The summed E-state index contributed by atoms with van der Waals surface area (Å²) in [6.07, 6.45) is 5.91. The monoisotopic (exact) mass is 378 g/mol. The summed E-state index contributed by atoms with van der Waals surface area (Å²) in [4.78, 5) is 15.4. The second-order valence-electron chi connectivity index (χ2n) is 7.83. The molecule has 0 unspecified atom stereocenters. The molecule has 1 saturated heterocycles. The maximum atomic E-state index is 13.4. The molecule has 0 N–H and O–H groups in total. The Morgan fingerprint density at radius 3 is 2.64 bits per heavy atom. The number of likely N-dealkylation sites (tertiary alicyclic amines) is 1. The first-order valence-corrected chi connectivity index (χ1v) is 10.2. The molecule has 1 aliphatic heterocycles. The third-order valence-corrected chi connectivity index (χ3v) is 6.06. The van der Waals surface area contributed by atoms with Gasteiger partial charge < -0.3 is 9.47 Å². The van der Waals surface area contributed by atoms with E-state index in [1.54, 1.807) is 0 Å². The molecule has 4 rings (SSSR count). The van der Waals surface area contributed by atoms with Crippen molar-refractivity contribution >= 4 is 16.8 Å². The number of rotatable bonds is 5. The van der Waals surface area contributed by atoms with Gasteiger partial charge >= 0.3 is 0 Å². The summed E-state index contributed by atoms with van der Waals surface area (Å²) in [5.41, 5.74) is 3.00. The van der Waals surface area contributed by atoms with E-state index in [1.807, 2.05) is 30.3 Å². The third kappa shape index (κ3) is 3.56. The third-order valence-electron chi connectivity index (χ3n) is 6.06. The Balaban J connectivity index is 1.53. The van der Waals surface area contributed by atoms with E-state index in [-0.39, 0.29) is 23.8 Å². The van der Waals surface area contributed by atoms with Crippen molar-refractivity contribution in [3.63, 3.8) is 0 Å². The average molecular weight is 378 g/mol. The minimum absolute atomic E-state index is 0.125. The number of benzene rings is 2. The van der Waals surface area contributed by atoms with Gasteiger partial charge in [0.05, 0.1) is 0 Å². The molecule has 2 atom stereocenters. The lowest BCUT2D eigenvalue weighted by Crippen LogP contribution is -2.40. The highest BCUT2D eigenvalue weighted by atomic mass is 19.1. The Bertz CT molecular complexity index is 976. The Kier molecular flexibility index (Phi) is 5.21. The zero-order valence-corrected chi connectivity index (χ0v) is 16.6. The van der Waals surface area contributed by atoms with E-state index in [1.165, 1.54) is 17.5 Å². The number of carbonyl (C=O) groups excluding carboxylic acids is 1. The predicted molar refractivity (Wildman–Crippen MR) is 111 cm³/mol. The van der Waals surface area contributed by atoms with Crippen LogP contribution in [0.5, 0.6) is 0 Å². The van der Waals surface area contributed by atoms with Gasteiger partial charge in [0.2, 0.25) is 0 Å². The number of aromatic nitrogens is 1. The van der Waals surface area contributed by atoms with Gasteiger partial charge in [0.1, 0.15) is 5.82 Å². The number of aryl methyl sites for hydroxylation is 2. The van der Waals surface area contributed by atoms with Crippen LogP contribution in [-0.2, 0) is 13.0 Å². The first kappa shape index (κ1) is 18.7. The number of halogens is 1. The summed E-state index contributed by atoms with van der Waals surface area (Å²) in [6.45, 7) is 5.15. The van der Waals surface area contributed by atoms with Gasteiger partial charge in [-0.15, -0.1) is 0 Å². The van der Waals surface area contributed by atoms with Crippen LogP contribution in [0.15, 0.2) is 54.7 Å². The zero-order valence-electron chi connectivity index (χ0n) is 16.6. The van der Waals surface area contributed by atoms with Gasteiger partial charge in [-0.1, -0.05) is 18.2 Å². The Morgan fingerprint density at radius 1 is 1.11 bits per heavy atom. The SMILES string of the molecule is CCn1ccc2ccc(C(=O)N3[C@@H](CCc4ccc(F)cc4)CC[C@H]3C)cc21. The first-order valence-electron chi connectivity index (χ1n) is 10.2. The fraction of sp³-hybridized carbons (Fsp3) is 0.375. The molecule has 0 saturated carbocycles. The summed E-state index contributed by atoms with van der Waals surface area (Å²) < 4.78 is 15.3. The smallest absolute Gasteiger partial charge is 0.254 e. The van der Waals surface area contributed by atoms with Gasteiger partial charge in [-0.2, -0.15) is 0 Å². The fourth-order valence-electron chi connectivity index (χ4n) is 4.45. The molecule has 1 aromatic heterocycles. The second kappa shape index (κ2) is 7.78. The van der Waals surface area contributed by atoms with Crippen LogP contribution in [0, 0.1) is 5.82 Å². The largest absolute Gasteiger partial charge is 0.348 e. The molecular weight excluding hydrogens is 351 g/mol. The van der Waals surface area contributed by atoms with Crippen molar-refractivity contribution in [3.8, 4) is 0 Å². The molecule has 0 aliphatic carbocycles. The summed E-state index contributed by atoms with van der Waals surface area (Å²) in [6, 6.07) is 15.3. The van der Waals surface area contributed by atoms with Crippen molar-refractivity contribution < 1.29 is 9.18 Å². The average Bonchev–Trinajstić information content (AvgIpc) is 3.29. The van der Waals surface area contributed by atoms with Crippen molar-refractivity contribution in [2.45, 2.75) is 58.2 Å². The van der Waals surface area contributed by atoms with Crippen LogP contribution in [0.3, 0.4) is 0 Å². The predicted octanol–water partition coefficient (Wildman–Crippen LogP) is 5.43. The van der Waals surface area contributed by atoms with Crippen LogP contribution in [0.2, 0.25) is 0 Å². The van der Waals surface area contributed by atoms with Gasteiger partial charge in [-0.3, -0.25) is 4.79 Å². The van der Waals surface area contributed by atoms with Crippen LogP contribution >= 0.6 is 0 Å². The standard InChI is InChI=1S/C24H27FN2O/c1-3-26-15-14-19-8-9-20(16-23(19)26)24(28)27-17(2)4-12-22(27)13-7-18-5-10-21(25)11-6-18/h5-6,8-11,14-17,22H,3-4,7,12-13H2,1-2H3/t17-,22-/m1/s1. The summed E-state index contributed by atoms with van der Waals surface area (Å²) in [5, 5.41) is 1.17. The van der Waals surface area contributed by atoms with Crippen molar-refractivity contribution in [1.29, 1.82) is 0 Å². The minimum atomic E-state index is -0.206. The highest BCUT2D eigenvalue weighted by Gasteiger charge is 2.34. The summed E-state index contributed by atoms with van der Waals surface area (Å²) >= 11 is 0. The molecule has 0 bridgehead atoms. The van der Waals surface area contributed by atoms with Crippen molar-refractivity contribution in [3.05, 3.63) is 71.7 Å². The summed E-state index contributed by atoms with van der Waals surface area (Å²) in [5.74, 6) is -0.0814. The van der Waals surface area contributed by atoms with Crippen molar-refractivity contribution in [2.24, 2.45) is 0 Å². The van der Waals surface area contributed by atoms with Crippen LogP contribution in [-0.4, -0.2) is 27.5 Å². The molecular formula is C24H27FN2O. The Hall–Kier alpha value is -2.62. The van der Waals surface area contributed by atoms with Crippen LogP contribution in [0.4, 0.5) is 4.39 Å². The lowest BCUT2D eigenvalue weighted by Gasteiger charge is -2.29. The molecule has 2 heterocycles. The van der Waals surface area contributed by atoms with Gasteiger partial charge in [-0.25, -0.2) is 4.39 Å². The van der Waals surface area contributed by atoms with E-state index in [0.717, 1.165) is 48.9 Å². The highest BCUT2D eigenvalue weighted by Crippen LogP contribution is 2.30. The van der Waals surface area contributed by atoms with Crippen molar-refractivity contribution in [2.75, 3.05) is 0 Å². The van der Waals surface area contributed by atoms with Gasteiger partial charge in [0.25, 0.3) is 5.91 Å². The van der Waals surface area contributed by atoms with E-state index in [0.29, 0.717) is 0 Å². The Labute approximate surface area is 165 Å². The first-order chi connectivity index (χ1) is 13.6. The number of amides is 1. The minimum Gasteiger partial charge on any atom is -0.348 e. The van der Waals surface area contributed by atoms with Gasteiger partial charge in [0, 0.05) is 35.9 Å². The second-order valence-corrected chi connectivity index (χ2v) is 7.83. The zero-order chi connectivity index (χ0) is 19.7. The maximum absolute atomic E-state index is 13.4. The topological polar surface area (TPSA) is 25.2 Å². The number of nitrogens with zero attached hydrogens (tertiary/aromatic N) is 2. The lowest BCUT2D eigenvalue weighted by atomic mass is 10.0. The molecule has 1 amide bonds. The number of fused-ring (bicyclic) bond motifs is 1. The van der Waals surface area contributed by atoms with E-state index < -0.39 is 0 Å². The molecule has 1 fully saturated rings. The van der Waals surface area contributed by atoms with Gasteiger partial charge in [0.15, 0.2) is 0 Å². The normalized spacial score (nSPS) is 19.5. The molecule has 3 nitrogen and oxygen atoms in total. The van der Waals surface area contributed by atoms with E-state index in [4.69, 9.17) is 0 Å². The fourth-order valence-corrected chi connectivity index (χ4v) is 4.45. The van der Waals surface area contributed by atoms with E-state index >= 15 is 0 Å². The summed E-state index contributed by atoms with van der Waals surface area (Å²) in [7, 11) is 0. The number of hydrogen-bond donors (Lipinski definition) is 0. The highest BCUT2D eigenvalue weighted by molar-refractivity contribution is 5.98. The number of carbonyl (C=O) groups is 1. The molecule has 2 aromatic carbocycles. The lowest BCUT2D eigenvalue weighted by molar-refractivity contribution is 0.0673. The van der Waals surface area contributed by atoms with Crippen molar-refractivity contribution in [1.82, 2.24) is 9.47 Å². The Morgan fingerprint density at radius 2 is 1.89 bits per heavy atom. The number of hydrogen-bond acceptors (Lipinski definition) is 1. The quantitative estimate of drug-likeness (QED) is 0.581. The molecule has 3 aromatic rings.